The summed E-state index contributed by atoms with van der Waals surface area (Å²) in [5.74, 6) is 1.61. The molecule has 3 heterocycles. The lowest BCUT2D eigenvalue weighted by Gasteiger charge is -2.32. The number of fused-ring (bicyclic) bond motifs is 1. The Labute approximate surface area is 145 Å². The van der Waals surface area contributed by atoms with E-state index in [1.165, 1.54) is 0 Å². The highest BCUT2D eigenvalue weighted by Crippen LogP contribution is 2.38. The van der Waals surface area contributed by atoms with E-state index in [4.69, 9.17) is 10.5 Å². The molecule has 1 unspecified atom stereocenters. The molecule has 1 amide bonds. The average Bonchev–Trinajstić information content (AvgIpc) is 3.38. The molecule has 2 fully saturated rings. The van der Waals surface area contributed by atoms with Gasteiger partial charge in [0.15, 0.2) is 17.0 Å². The third-order valence-electron chi connectivity index (χ3n) is 4.73. The number of carbonyl (C=O) groups is 1. The van der Waals surface area contributed by atoms with Crippen LogP contribution in [0.4, 0.5) is 5.82 Å². The number of carbonyl (C=O) groups excluding carboxylic acids is 1. The average molecular weight is 345 g/mol. The van der Waals surface area contributed by atoms with Gasteiger partial charge in [0, 0.05) is 19.0 Å². The maximum atomic E-state index is 12.0. The molecule has 1 saturated carbocycles. The van der Waals surface area contributed by atoms with E-state index in [0.717, 1.165) is 38.1 Å². The van der Waals surface area contributed by atoms with Crippen molar-refractivity contribution in [1.29, 1.82) is 0 Å². The molecule has 2 N–H and O–H groups in total. The van der Waals surface area contributed by atoms with Crippen molar-refractivity contribution in [2.45, 2.75) is 51.2 Å². The number of morpholine rings is 1. The Hall–Kier alpha value is -2.29. The minimum absolute atomic E-state index is 0.0516. The molecule has 0 bridgehead atoms. The summed E-state index contributed by atoms with van der Waals surface area (Å²) < 4.78 is 7.41. The quantitative estimate of drug-likeness (QED) is 0.820. The van der Waals surface area contributed by atoms with Crippen molar-refractivity contribution in [3.8, 4) is 0 Å². The van der Waals surface area contributed by atoms with Crippen molar-refractivity contribution >= 4 is 22.9 Å². The fraction of sp³-hybridized carbons (Fsp3) is 0.688. The molecule has 2 aromatic heterocycles. The molecule has 0 radical (unpaired) electrons. The molecule has 1 saturated heterocycles. The predicted molar refractivity (Wildman–Crippen MR) is 90.7 cm³/mol. The lowest BCUT2D eigenvalue weighted by molar-refractivity contribution is -0.149. The number of anilines is 1. The molecule has 2 aromatic rings. The van der Waals surface area contributed by atoms with Gasteiger partial charge >= 0.3 is 0 Å². The van der Waals surface area contributed by atoms with Crippen LogP contribution in [0, 0.1) is 0 Å². The van der Waals surface area contributed by atoms with Crippen LogP contribution in [-0.2, 0) is 16.1 Å². The Morgan fingerprint density at radius 1 is 1.32 bits per heavy atom. The standard InChI is InChI=1S/C16H23N7O2/c1-2-3-6-22-7-11(25-9-12(22)24)8-23-16-13(20-21-23)14(17)18-15(19-16)10-4-5-10/h10-11H,2-9H2,1H3,(H2,17,18,19). The summed E-state index contributed by atoms with van der Waals surface area (Å²) in [5, 5.41) is 8.29. The molecule has 1 atom stereocenters. The van der Waals surface area contributed by atoms with E-state index < -0.39 is 0 Å². The van der Waals surface area contributed by atoms with E-state index in [1.807, 2.05) is 4.90 Å². The molecule has 9 nitrogen and oxygen atoms in total. The van der Waals surface area contributed by atoms with Crippen molar-refractivity contribution in [1.82, 2.24) is 29.9 Å². The van der Waals surface area contributed by atoms with Gasteiger partial charge in [-0.25, -0.2) is 14.6 Å². The smallest absolute Gasteiger partial charge is 0.248 e. The first kappa shape index (κ1) is 16.2. The highest BCUT2D eigenvalue weighted by Gasteiger charge is 2.30. The summed E-state index contributed by atoms with van der Waals surface area (Å²) in [5.41, 5.74) is 7.19. The molecule has 1 aliphatic carbocycles. The normalized spacial score (nSPS) is 21.2. The second-order valence-corrected chi connectivity index (χ2v) is 6.81. The van der Waals surface area contributed by atoms with E-state index in [2.05, 4.69) is 27.2 Å². The molecule has 25 heavy (non-hydrogen) atoms. The van der Waals surface area contributed by atoms with Crippen LogP contribution in [0.5, 0.6) is 0 Å². The number of nitrogens with two attached hydrogens (primary N) is 1. The molecule has 0 spiro atoms. The highest BCUT2D eigenvalue weighted by atomic mass is 16.5. The molecule has 1 aliphatic heterocycles. The zero-order chi connectivity index (χ0) is 17.4. The van der Waals surface area contributed by atoms with Gasteiger partial charge in [0.05, 0.1) is 12.6 Å². The number of ether oxygens (including phenoxy) is 1. The van der Waals surface area contributed by atoms with Crippen LogP contribution >= 0.6 is 0 Å². The number of nitrogens with zero attached hydrogens (tertiary/aromatic N) is 6. The number of rotatable bonds is 6. The SMILES string of the molecule is CCCCN1CC(Cn2nnc3c(N)nc(C4CC4)nc32)OCC1=O. The fourth-order valence-corrected chi connectivity index (χ4v) is 3.09. The van der Waals surface area contributed by atoms with Crippen molar-refractivity contribution < 1.29 is 9.53 Å². The van der Waals surface area contributed by atoms with E-state index in [1.54, 1.807) is 4.68 Å². The first-order chi connectivity index (χ1) is 12.2. The van der Waals surface area contributed by atoms with Gasteiger partial charge < -0.3 is 15.4 Å². The van der Waals surface area contributed by atoms with Gasteiger partial charge in [-0.3, -0.25) is 4.79 Å². The monoisotopic (exact) mass is 345 g/mol. The summed E-state index contributed by atoms with van der Waals surface area (Å²) in [6.07, 6.45) is 4.14. The van der Waals surface area contributed by atoms with Crippen LogP contribution in [0.2, 0.25) is 0 Å². The summed E-state index contributed by atoms with van der Waals surface area (Å²) >= 11 is 0. The van der Waals surface area contributed by atoms with Crippen molar-refractivity contribution in [3.05, 3.63) is 5.82 Å². The number of hydrogen-bond acceptors (Lipinski definition) is 7. The molecule has 0 aromatic carbocycles. The van der Waals surface area contributed by atoms with E-state index in [0.29, 0.717) is 36.0 Å². The second-order valence-electron chi connectivity index (χ2n) is 6.81. The third-order valence-corrected chi connectivity index (χ3v) is 4.73. The molecule has 134 valence electrons. The highest BCUT2D eigenvalue weighted by molar-refractivity contribution is 5.81. The van der Waals surface area contributed by atoms with Gasteiger partial charge in [-0.05, 0) is 19.3 Å². The minimum Gasteiger partial charge on any atom is -0.382 e. The Morgan fingerprint density at radius 2 is 2.16 bits per heavy atom. The van der Waals surface area contributed by atoms with Gasteiger partial charge in [0.2, 0.25) is 5.91 Å². The van der Waals surface area contributed by atoms with Crippen LogP contribution in [-0.4, -0.2) is 61.6 Å². The fourth-order valence-electron chi connectivity index (χ4n) is 3.09. The number of aromatic nitrogens is 5. The first-order valence-corrected chi connectivity index (χ1v) is 8.91. The Kier molecular flexibility index (Phi) is 4.24. The molecule has 2 aliphatic rings. The maximum Gasteiger partial charge on any atom is 0.248 e. The zero-order valence-corrected chi connectivity index (χ0v) is 14.4. The lowest BCUT2D eigenvalue weighted by atomic mass is 10.2. The Balaban J connectivity index is 1.53. The van der Waals surface area contributed by atoms with Crippen molar-refractivity contribution in [3.63, 3.8) is 0 Å². The first-order valence-electron chi connectivity index (χ1n) is 8.91. The van der Waals surface area contributed by atoms with Gasteiger partial charge in [-0.1, -0.05) is 18.6 Å². The topological polar surface area (TPSA) is 112 Å². The maximum absolute atomic E-state index is 12.0. The van der Waals surface area contributed by atoms with Crippen LogP contribution < -0.4 is 5.73 Å². The Bertz CT molecular complexity index is 786. The van der Waals surface area contributed by atoms with Crippen LogP contribution in [0.25, 0.3) is 11.2 Å². The summed E-state index contributed by atoms with van der Waals surface area (Å²) in [6.45, 7) is 4.06. The van der Waals surface area contributed by atoms with Gasteiger partial charge in [-0.15, -0.1) is 5.10 Å². The number of nitrogen functional groups attached to an aromatic ring is 1. The largest absolute Gasteiger partial charge is 0.382 e. The minimum atomic E-state index is -0.125. The number of unbranched alkanes of at least 4 members (excludes halogenated alkanes) is 1. The summed E-state index contributed by atoms with van der Waals surface area (Å²) in [6, 6.07) is 0. The van der Waals surface area contributed by atoms with Gasteiger partial charge in [-0.2, -0.15) is 0 Å². The summed E-state index contributed by atoms with van der Waals surface area (Å²) in [7, 11) is 0. The van der Waals surface area contributed by atoms with E-state index in [-0.39, 0.29) is 18.6 Å². The van der Waals surface area contributed by atoms with Gasteiger partial charge in [0.25, 0.3) is 0 Å². The molecule has 9 heteroatoms. The zero-order valence-electron chi connectivity index (χ0n) is 14.4. The van der Waals surface area contributed by atoms with Crippen LogP contribution in [0.15, 0.2) is 0 Å². The van der Waals surface area contributed by atoms with Gasteiger partial charge in [0.1, 0.15) is 12.4 Å². The molecular weight excluding hydrogens is 322 g/mol. The summed E-state index contributed by atoms with van der Waals surface area (Å²) in [4.78, 5) is 22.8. The number of amides is 1. The molecular formula is C16H23N7O2. The molecule has 4 rings (SSSR count). The van der Waals surface area contributed by atoms with E-state index in [9.17, 15) is 4.79 Å². The Morgan fingerprint density at radius 3 is 2.92 bits per heavy atom. The van der Waals surface area contributed by atoms with Crippen molar-refractivity contribution in [2.24, 2.45) is 0 Å². The van der Waals surface area contributed by atoms with Crippen molar-refractivity contribution in [2.75, 3.05) is 25.4 Å². The predicted octanol–water partition coefficient (Wildman–Crippen LogP) is 0.708. The lowest BCUT2D eigenvalue weighted by Crippen LogP contribution is -2.48. The second kappa shape index (κ2) is 6.55. The van der Waals surface area contributed by atoms with Crippen LogP contribution in [0.1, 0.15) is 44.3 Å². The van der Waals surface area contributed by atoms with Crippen LogP contribution in [0.3, 0.4) is 0 Å². The van der Waals surface area contributed by atoms with E-state index >= 15 is 0 Å². The number of hydrogen-bond donors (Lipinski definition) is 1. The third kappa shape index (κ3) is 3.28.